The van der Waals surface area contributed by atoms with Gasteiger partial charge in [-0.05, 0) is 47.2 Å². The Kier molecular flexibility index (Phi) is 4.38. The molecule has 76 valence electrons. The third-order valence-electron chi connectivity index (χ3n) is 2.03. The number of hydrogen-bond acceptors (Lipinski definition) is 1. The van der Waals surface area contributed by atoms with Gasteiger partial charge in [-0.2, -0.15) is 0 Å². The van der Waals surface area contributed by atoms with E-state index in [4.69, 9.17) is 0 Å². The van der Waals surface area contributed by atoms with Crippen molar-refractivity contribution in [3.05, 3.63) is 27.8 Å². The summed E-state index contributed by atoms with van der Waals surface area (Å²) in [5.41, 5.74) is 0.968. The molecule has 0 fully saturated rings. The fraction of sp³-hybridized carbons (Fsp3) is 0.364. The zero-order valence-corrected chi connectivity index (χ0v) is 10.6. The summed E-state index contributed by atoms with van der Waals surface area (Å²) in [6.07, 6.45) is 1.51. The topological polar surface area (TPSA) is 20.3 Å². The molecule has 0 spiro atoms. The predicted molar refractivity (Wildman–Crippen MR) is 67.5 cm³/mol. The molecule has 0 N–H and O–H groups in total. The number of rotatable bonds is 3. The normalized spacial score (nSPS) is 9.93. The van der Waals surface area contributed by atoms with Gasteiger partial charge >= 0.3 is 0 Å². The first kappa shape index (κ1) is 11.5. The van der Waals surface area contributed by atoms with Gasteiger partial charge in [0.1, 0.15) is 0 Å². The van der Waals surface area contributed by atoms with Gasteiger partial charge in [0.05, 0.1) is 0 Å². The third-order valence-corrected chi connectivity index (χ3v) is 2.70. The molecule has 1 amide bonds. The summed E-state index contributed by atoms with van der Waals surface area (Å²) in [7, 11) is 1.82. The molecule has 1 rings (SSSR count). The zero-order chi connectivity index (χ0) is 10.6. The van der Waals surface area contributed by atoms with Crippen LogP contribution in [0.2, 0.25) is 0 Å². The molecule has 0 radical (unpaired) electrons. The van der Waals surface area contributed by atoms with Crippen molar-refractivity contribution in [1.82, 2.24) is 0 Å². The van der Waals surface area contributed by atoms with Crippen LogP contribution < -0.4 is 4.90 Å². The molecular weight excluding hydrogens is 289 g/mol. The van der Waals surface area contributed by atoms with E-state index in [0.717, 1.165) is 15.7 Å². The molecule has 0 aliphatic carbocycles. The lowest BCUT2D eigenvalue weighted by Crippen LogP contribution is -2.25. The van der Waals surface area contributed by atoms with Crippen molar-refractivity contribution in [3.8, 4) is 0 Å². The van der Waals surface area contributed by atoms with Crippen LogP contribution in [0.1, 0.15) is 19.8 Å². The summed E-state index contributed by atoms with van der Waals surface area (Å²) in [6.45, 7) is 2.01. The summed E-state index contributed by atoms with van der Waals surface area (Å²) < 4.78 is 1.15. The molecule has 0 aromatic heterocycles. The summed E-state index contributed by atoms with van der Waals surface area (Å²) >= 11 is 2.25. The minimum absolute atomic E-state index is 0.175. The standard InChI is InChI=1S/C11H14INO/c1-3-5-11(14)13(2)10-7-4-6-9(12)8-10/h4,6-8H,3,5H2,1-2H3. The van der Waals surface area contributed by atoms with Gasteiger partial charge in [-0.25, -0.2) is 0 Å². The number of amides is 1. The van der Waals surface area contributed by atoms with Gasteiger partial charge < -0.3 is 4.90 Å². The van der Waals surface area contributed by atoms with E-state index in [1.54, 1.807) is 4.90 Å². The third kappa shape index (κ3) is 2.97. The highest BCUT2D eigenvalue weighted by Crippen LogP contribution is 2.17. The lowest BCUT2D eigenvalue weighted by atomic mass is 10.2. The molecule has 14 heavy (non-hydrogen) atoms. The van der Waals surface area contributed by atoms with Crippen LogP contribution in [-0.2, 0) is 4.79 Å². The largest absolute Gasteiger partial charge is 0.315 e. The van der Waals surface area contributed by atoms with E-state index in [1.165, 1.54) is 0 Å². The number of carbonyl (C=O) groups is 1. The van der Waals surface area contributed by atoms with Crippen molar-refractivity contribution < 1.29 is 4.79 Å². The maximum atomic E-state index is 11.6. The maximum Gasteiger partial charge on any atom is 0.226 e. The highest BCUT2D eigenvalue weighted by molar-refractivity contribution is 14.1. The van der Waals surface area contributed by atoms with Crippen LogP contribution in [-0.4, -0.2) is 13.0 Å². The average molecular weight is 303 g/mol. The van der Waals surface area contributed by atoms with Gasteiger partial charge in [0.2, 0.25) is 5.91 Å². The van der Waals surface area contributed by atoms with Crippen LogP contribution >= 0.6 is 22.6 Å². The van der Waals surface area contributed by atoms with Crippen molar-refractivity contribution in [2.24, 2.45) is 0 Å². The van der Waals surface area contributed by atoms with Gasteiger partial charge in [0, 0.05) is 22.7 Å². The van der Waals surface area contributed by atoms with E-state index < -0.39 is 0 Å². The number of carbonyl (C=O) groups excluding carboxylic acids is 1. The quantitative estimate of drug-likeness (QED) is 0.786. The Labute approximate surface area is 98.4 Å². The van der Waals surface area contributed by atoms with E-state index in [1.807, 2.05) is 38.2 Å². The number of hydrogen-bond donors (Lipinski definition) is 0. The number of halogens is 1. The smallest absolute Gasteiger partial charge is 0.226 e. The second kappa shape index (κ2) is 5.34. The molecule has 0 atom stereocenters. The molecule has 0 aliphatic heterocycles. The molecule has 0 saturated carbocycles. The molecule has 0 heterocycles. The SMILES string of the molecule is CCCC(=O)N(C)c1cccc(I)c1. The average Bonchev–Trinajstić information content (AvgIpc) is 2.17. The minimum Gasteiger partial charge on any atom is -0.315 e. The molecule has 1 aromatic rings. The zero-order valence-electron chi connectivity index (χ0n) is 8.46. The van der Waals surface area contributed by atoms with Crippen LogP contribution in [0.15, 0.2) is 24.3 Å². The second-order valence-electron chi connectivity index (χ2n) is 3.18. The molecule has 1 aromatic carbocycles. The summed E-state index contributed by atoms with van der Waals surface area (Å²) in [5.74, 6) is 0.175. The van der Waals surface area contributed by atoms with Crippen molar-refractivity contribution in [2.75, 3.05) is 11.9 Å². The minimum atomic E-state index is 0.175. The van der Waals surface area contributed by atoms with Gasteiger partial charge in [-0.15, -0.1) is 0 Å². The Balaban J connectivity index is 2.78. The summed E-state index contributed by atoms with van der Waals surface area (Å²) in [4.78, 5) is 13.3. The van der Waals surface area contributed by atoms with Crippen molar-refractivity contribution >= 4 is 34.2 Å². The number of anilines is 1. The highest BCUT2D eigenvalue weighted by Gasteiger charge is 2.08. The van der Waals surface area contributed by atoms with Crippen molar-refractivity contribution in [2.45, 2.75) is 19.8 Å². The van der Waals surface area contributed by atoms with Gasteiger partial charge in [0.15, 0.2) is 0 Å². The van der Waals surface area contributed by atoms with E-state index in [2.05, 4.69) is 22.6 Å². The molecule has 0 unspecified atom stereocenters. The summed E-state index contributed by atoms with van der Waals surface area (Å²) in [6, 6.07) is 7.94. The number of nitrogens with zero attached hydrogens (tertiary/aromatic N) is 1. The lowest BCUT2D eigenvalue weighted by Gasteiger charge is -2.17. The fourth-order valence-corrected chi connectivity index (χ4v) is 1.74. The monoisotopic (exact) mass is 303 g/mol. The first-order valence-electron chi connectivity index (χ1n) is 4.67. The van der Waals surface area contributed by atoms with Crippen LogP contribution in [0.5, 0.6) is 0 Å². The Morgan fingerprint density at radius 3 is 2.79 bits per heavy atom. The second-order valence-corrected chi connectivity index (χ2v) is 4.43. The Morgan fingerprint density at radius 2 is 2.21 bits per heavy atom. The molecule has 0 aliphatic rings. The summed E-state index contributed by atoms with van der Waals surface area (Å²) in [5, 5.41) is 0. The van der Waals surface area contributed by atoms with E-state index in [-0.39, 0.29) is 5.91 Å². The van der Waals surface area contributed by atoms with Gasteiger partial charge in [-0.1, -0.05) is 13.0 Å². The predicted octanol–water partition coefficient (Wildman–Crippen LogP) is 3.05. The van der Waals surface area contributed by atoms with Crippen molar-refractivity contribution in [1.29, 1.82) is 0 Å². The van der Waals surface area contributed by atoms with E-state index >= 15 is 0 Å². The maximum absolute atomic E-state index is 11.6. The lowest BCUT2D eigenvalue weighted by molar-refractivity contribution is -0.118. The Hall–Kier alpha value is -0.580. The van der Waals surface area contributed by atoms with Gasteiger partial charge in [0.25, 0.3) is 0 Å². The van der Waals surface area contributed by atoms with Crippen LogP contribution in [0.25, 0.3) is 0 Å². The Morgan fingerprint density at radius 1 is 1.50 bits per heavy atom. The van der Waals surface area contributed by atoms with E-state index in [9.17, 15) is 4.79 Å². The molecule has 0 saturated heterocycles. The number of benzene rings is 1. The first-order valence-corrected chi connectivity index (χ1v) is 5.75. The molecule has 0 bridgehead atoms. The molecule has 3 heteroatoms. The van der Waals surface area contributed by atoms with Gasteiger partial charge in [-0.3, -0.25) is 4.79 Å². The molecular formula is C11H14INO. The highest BCUT2D eigenvalue weighted by atomic mass is 127. The first-order chi connectivity index (χ1) is 6.65. The van der Waals surface area contributed by atoms with Crippen LogP contribution in [0, 0.1) is 3.57 Å². The molecule has 2 nitrogen and oxygen atoms in total. The van der Waals surface area contributed by atoms with Crippen molar-refractivity contribution in [3.63, 3.8) is 0 Å². The van der Waals surface area contributed by atoms with Crippen LogP contribution in [0.3, 0.4) is 0 Å². The van der Waals surface area contributed by atoms with E-state index in [0.29, 0.717) is 6.42 Å². The Bertz CT molecular complexity index is 325. The fourth-order valence-electron chi connectivity index (χ4n) is 1.21. The van der Waals surface area contributed by atoms with Crippen LogP contribution in [0.4, 0.5) is 5.69 Å².